The number of hydrogen-bond acceptors (Lipinski definition) is 6. The molecule has 12 rings (SSSR count). The van der Waals surface area contributed by atoms with Crippen LogP contribution in [0.5, 0.6) is 0 Å². The van der Waals surface area contributed by atoms with Crippen molar-refractivity contribution >= 4 is 79.8 Å². The van der Waals surface area contributed by atoms with Gasteiger partial charge in [0, 0.05) is 26.6 Å². The van der Waals surface area contributed by atoms with Gasteiger partial charge in [0.05, 0.1) is 23.1 Å². The van der Waals surface area contributed by atoms with Crippen LogP contribution in [0.25, 0.3) is 50.7 Å². The zero-order chi connectivity index (χ0) is 38.2. The number of benzene rings is 8. The molecule has 8 aromatic carbocycles. The Morgan fingerprint density at radius 1 is 0.448 bits per heavy atom. The van der Waals surface area contributed by atoms with E-state index in [0.717, 1.165) is 94.9 Å². The molecule has 10 aromatic rings. The van der Waals surface area contributed by atoms with Crippen LogP contribution in [0.3, 0.4) is 0 Å². The van der Waals surface area contributed by atoms with Gasteiger partial charge in [0.25, 0.3) is 0 Å². The van der Waals surface area contributed by atoms with Crippen molar-refractivity contribution in [2.45, 2.75) is 19.6 Å². The summed E-state index contributed by atoms with van der Waals surface area (Å²) in [7, 11) is 0. The predicted octanol–water partition coefficient (Wildman–Crippen LogP) is 13.5. The number of nitrogens with zero attached hydrogens (tertiary/aromatic N) is 5. The molecule has 4 heterocycles. The Hall–Kier alpha value is -7.00. The van der Waals surface area contributed by atoms with Crippen LogP contribution in [0.15, 0.2) is 212 Å². The molecule has 2 aliphatic rings. The van der Waals surface area contributed by atoms with Crippen LogP contribution in [0.4, 0.5) is 34.1 Å². The molecule has 0 atom stereocenters. The first-order chi connectivity index (χ1) is 28.8. The lowest BCUT2D eigenvalue weighted by atomic mass is 10.1. The van der Waals surface area contributed by atoms with Crippen molar-refractivity contribution in [3.63, 3.8) is 0 Å². The number of oxazole rings is 1. The highest BCUT2D eigenvalue weighted by Crippen LogP contribution is 2.58. The maximum absolute atomic E-state index is 7.21. The van der Waals surface area contributed by atoms with Gasteiger partial charge in [-0.3, -0.25) is 9.47 Å². The average Bonchev–Trinajstić information content (AvgIpc) is 3.91. The summed E-state index contributed by atoms with van der Waals surface area (Å²) in [5.41, 5.74) is 12.1. The monoisotopic (exact) mass is 782 g/mol. The Bertz CT molecular complexity index is 3110. The fourth-order valence-corrected chi connectivity index (χ4v) is 10.6. The van der Waals surface area contributed by atoms with Gasteiger partial charge in [0.2, 0.25) is 5.89 Å². The lowest BCUT2D eigenvalue weighted by Gasteiger charge is -2.34. The van der Waals surface area contributed by atoms with Crippen LogP contribution in [-0.4, -0.2) is 14.5 Å². The summed E-state index contributed by atoms with van der Waals surface area (Å²) in [5, 5.41) is 0. The third-order valence-corrected chi connectivity index (χ3v) is 13.2. The first-order valence-corrected chi connectivity index (χ1v) is 20.9. The third-order valence-electron chi connectivity index (χ3n) is 10.8. The molecule has 0 amide bonds. The fourth-order valence-electron chi connectivity index (χ4n) is 8.34. The van der Waals surface area contributed by atoms with Gasteiger partial charge in [-0.05, 0) is 72.8 Å². The second-order valence-electron chi connectivity index (χ2n) is 14.2. The number of aromatic nitrogens is 3. The highest BCUT2D eigenvalue weighted by atomic mass is 32.2. The van der Waals surface area contributed by atoms with Crippen LogP contribution < -0.4 is 9.80 Å². The molecular formula is C50H32N5OS2+. The molecule has 0 saturated carbocycles. The van der Waals surface area contributed by atoms with E-state index in [1.807, 2.05) is 18.2 Å². The van der Waals surface area contributed by atoms with Crippen LogP contribution in [0.1, 0.15) is 0 Å². The maximum atomic E-state index is 7.21. The summed E-state index contributed by atoms with van der Waals surface area (Å²) in [6, 6.07) is 65.9. The number of anilines is 6. The molecule has 0 fully saturated rings. The maximum Gasteiger partial charge on any atom is 0.227 e. The summed E-state index contributed by atoms with van der Waals surface area (Å²) < 4.78 is 9.53. The van der Waals surface area contributed by atoms with Crippen LogP contribution in [0.2, 0.25) is 0 Å². The van der Waals surface area contributed by atoms with Gasteiger partial charge in [-0.2, -0.15) is 0 Å². The quantitative estimate of drug-likeness (QED) is 0.128. The van der Waals surface area contributed by atoms with E-state index in [2.05, 4.69) is 184 Å². The summed E-state index contributed by atoms with van der Waals surface area (Å²) >= 11 is 2.93. The van der Waals surface area contributed by atoms with E-state index in [4.69, 9.17) is 14.4 Å². The van der Waals surface area contributed by atoms with Crippen molar-refractivity contribution in [1.29, 1.82) is 0 Å². The Balaban J connectivity index is 1.33. The third kappa shape index (κ3) is 5.09. The average molecular weight is 783 g/mol. The fraction of sp³-hybridized carbons (Fsp3) is 0. The van der Waals surface area contributed by atoms with E-state index in [0.29, 0.717) is 11.5 Å². The van der Waals surface area contributed by atoms with Crippen molar-refractivity contribution < 1.29 is 4.42 Å². The highest BCUT2D eigenvalue weighted by Gasteiger charge is 2.39. The van der Waals surface area contributed by atoms with Crippen molar-refractivity contribution in [2.75, 3.05) is 9.80 Å². The Labute approximate surface area is 343 Å². The number of para-hydroxylation sites is 5. The number of imidazole rings is 1. The first-order valence-electron chi connectivity index (χ1n) is 19.2. The SMILES string of the molecule is c1ccc(-c2nc3c(N4c5ccccc5[SH+]c5ccccc54)c4c(nc(-c5ccccc5)n4-c4ccccc4)c(N4c5ccccc5Sc5ccccc54)c3o2)cc1. The lowest BCUT2D eigenvalue weighted by molar-refractivity contribution is 0.620. The molecule has 0 saturated heterocycles. The standard InChI is InChI=1S/C50H31N5OS2/c1-4-18-32(19-5-1)49-51-43-45(53(49)34-22-8-3-9-23-34)46(54-35-24-10-14-28-39(35)57-40-29-15-11-25-36(40)54)44-48(56-50(52-44)33-20-6-2-7-21-33)47(43)55-37-26-12-16-30-41(37)58-42-31-17-13-27-38(42)55/h1-31H/p+1. The molecule has 0 aliphatic carbocycles. The Morgan fingerprint density at radius 3 is 1.57 bits per heavy atom. The molecule has 274 valence electrons. The molecule has 0 N–H and O–H groups in total. The van der Waals surface area contributed by atoms with Gasteiger partial charge in [-0.15, -0.1) is 0 Å². The molecule has 58 heavy (non-hydrogen) atoms. The number of rotatable bonds is 5. The number of fused-ring (bicyclic) bond motifs is 6. The van der Waals surface area contributed by atoms with Gasteiger partial charge in [0.1, 0.15) is 45.1 Å². The zero-order valence-electron chi connectivity index (χ0n) is 30.9. The molecule has 0 spiro atoms. The molecule has 2 aromatic heterocycles. The minimum absolute atomic E-state index is 0.546. The van der Waals surface area contributed by atoms with Gasteiger partial charge < -0.3 is 9.32 Å². The lowest BCUT2D eigenvalue weighted by Crippen LogP contribution is -2.20. The molecule has 6 nitrogen and oxygen atoms in total. The van der Waals surface area contributed by atoms with E-state index in [1.165, 1.54) is 9.79 Å². The van der Waals surface area contributed by atoms with Gasteiger partial charge in [0.15, 0.2) is 15.4 Å². The molecular weight excluding hydrogens is 751 g/mol. The van der Waals surface area contributed by atoms with E-state index in [1.54, 1.807) is 11.8 Å². The number of hydrogen-bond donors (Lipinski definition) is 0. The predicted molar refractivity (Wildman–Crippen MR) is 238 cm³/mol. The Morgan fingerprint density at radius 2 is 0.948 bits per heavy atom. The normalized spacial score (nSPS) is 13.0. The van der Waals surface area contributed by atoms with E-state index in [9.17, 15) is 0 Å². The molecule has 0 radical (unpaired) electrons. The van der Waals surface area contributed by atoms with Crippen LogP contribution in [-0.2, 0) is 11.8 Å². The van der Waals surface area contributed by atoms with Crippen LogP contribution in [0, 0.1) is 0 Å². The minimum Gasteiger partial charge on any atom is -0.434 e. The van der Waals surface area contributed by atoms with Gasteiger partial charge in [-0.25, -0.2) is 9.97 Å². The van der Waals surface area contributed by atoms with Crippen LogP contribution >= 0.6 is 11.8 Å². The number of thiol groups is 1. The Kier molecular flexibility index (Phi) is 7.61. The van der Waals surface area contributed by atoms with E-state index in [-0.39, 0.29) is 0 Å². The molecule has 8 heteroatoms. The summed E-state index contributed by atoms with van der Waals surface area (Å²) in [6.07, 6.45) is 0. The minimum atomic E-state index is 0.546. The van der Waals surface area contributed by atoms with Crippen molar-refractivity contribution in [1.82, 2.24) is 14.5 Å². The second kappa shape index (κ2) is 13.3. The van der Waals surface area contributed by atoms with Crippen molar-refractivity contribution in [3.8, 4) is 28.5 Å². The topological polar surface area (TPSA) is 50.3 Å². The molecule has 2 aliphatic heterocycles. The van der Waals surface area contributed by atoms with Gasteiger partial charge in [-0.1, -0.05) is 127 Å². The first kappa shape index (κ1) is 33.2. The summed E-state index contributed by atoms with van der Waals surface area (Å²) in [6.45, 7) is 0. The highest BCUT2D eigenvalue weighted by molar-refractivity contribution is 7.99. The van der Waals surface area contributed by atoms with Crippen molar-refractivity contribution in [2.24, 2.45) is 0 Å². The molecule has 0 unspecified atom stereocenters. The second-order valence-corrected chi connectivity index (χ2v) is 16.5. The smallest absolute Gasteiger partial charge is 0.227 e. The van der Waals surface area contributed by atoms with Gasteiger partial charge >= 0.3 is 0 Å². The van der Waals surface area contributed by atoms with E-state index >= 15 is 0 Å². The largest absolute Gasteiger partial charge is 0.434 e. The summed E-state index contributed by atoms with van der Waals surface area (Å²) in [4.78, 5) is 20.8. The molecule has 0 bridgehead atoms. The van der Waals surface area contributed by atoms with Crippen molar-refractivity contribution in [3.05, 3.63) is 188 Å². The van der Waals surface area contributed by atoms with E-state index < -0.39 is 0 Å². The zero-order valence-corrected chi connectivity index (χ0v) is 32.6. The summed E-state index contributed by atoms with van der Waals surface area (Å²) in [5.74, 6) is 1.37.